The molecule has 138 valence electrons. The second kappa shape index (κ2) is 7.32. The number of aromatic nitrogens is 4. The lowest BCUT2D eigenvalue weighted by atomic mass is 10.2. The second-order valence-corrected chi connectivity index (χ2v) is 5.01. The molecule has 0 radical (unpaired) electrons. The Bertz CT molecular complexity index is 844. The Balaban J connectivity index is 0.000000206. The summed E-state index contributed by atoms with van der Waals surface area (Å²) in [5, 5.41) is 53.1. The van der Waals surface area contributed by atoms with Crippen LogP contribution in [0.3, 0.4) is 0 Å². The predicted octanol–water partition coefficient (Wildman–Crippen LogP) is -0.597. The summed E-state index contributed by atoms with van der Waals surface area (Å²) in [4.78, 5) is 27.5. The molecule has 15 nitrogen and oxygen atoms in total. The zero-order valence-corrected chi connectivity index (χ0v) is 13.3. The first-order chi connectivity index (χ1) is 12.2. The highest BCUT2D eigenvalue weighted by Crippen LogP contribution is 2.36. The van der Waals surface area contributed by atoms with Crippen molar-refractivity contribution in [3.63, 3.8) is 0 Å². The number of aryl methyl sites for hydroxylation is 2. The number of tetrazole rings is 1. The van der Waals surface area contributed by atoms with Gasteiger partial charge in [-0.2, -0.15) is 0 Å². The van der Waals surface area contributed by atoms with Gasteiger partial charge in [0.15, 0.2) is 0 Å². The number of non-ortho nitro benzene ring substituents is 1. The lowest BCUT2D eigenvalue weighted by molar-refractivity contribution is -0.718. The van der Waals surface area contributed by atoms with E-state index in [4.69, 9.17) is 0 Å². The van der Waals surface area contributed by atoms with Crippen molar-refractivity contribution >= 4 is 23.0 Å². The summed E-state index contributed by atoms with van der Waals surface area (Å²) in [6, 6.07) is 0.769. The molecule has 1 aromatic heterocycles. The predicted molar refractivity (Wildman–Crippen MR) is 80.2 cm³/mol. The van der Waals surface area contributed by atoms with Crippen molar-refractivity contribution in [2.45, 2.75) is 13.0 Å². The quantitative estimate of drug-likeness (QED) is 0.414. The van der Waals surface area contributed by atoms with Crippen molar-refractivity contribution in [3.8, 4) is 5.75 Å². The monoisotopic (exact) mass is 368 g/mol. The molecule has 1 aliphatic rings. The van der Waals surface area contributed by atoms with E-state index in [1.165, 1.54) is 0 Å². The Morgan fingerprint density at radius 3 is 2.15 bits per heavy atom. The fraction of sp³-hybridized carbons (Fsp3) is 0.364. The van der Waals surface area contributed by atoms with Crippen molar-refractivity contribution in [1.82, 2.24) is 15.1 Å². The number of hydrogen-bond acceptors (Lipinski definition) is 10. The molecule has 26 heavy (non-hydrogen) atoms. The molecule has 0 amide bonds. The molecule has 0 fully saturated rings. The Hall–Kier alpha value is -3.91. The van der Waals surface area contributed by atoms with Gasteiger partial charge in [0.05, 0.1) is 58.0 Å². The van der Waals surface area contributed by atoms with Crippen molar-refractivity contribution in [1.29, 1.82) is 0 Å². The molecular formula is C11H12N8O7. The SMILES string of the molecule is C[n+]1nnn2c1NCCC2.O=[N+]([O-])c1cc([N+](=O)[O-])c([O-])c([N+](=O)[O-])c1. The van der Waals surface area contributed by atoms with E-state index in [0.717, 1.165) is 25.5 Å². The molecule has 3 rings (SSSR count). The Morgan fingerprint density at radius 2 is 1.69 bits per heavy atom. The van der Waals surface area contributed by atoms with Gasteiger partial charge in [0.2, 0.25) is 0 Å². The molecule has 0 saturated heterocycles. The third kappa shape index (κ3) is 3.77. The molecule has 0 saturated carbocycles. The number of anilines is 1. The van der Waals surface area contributed by atoms with Crippen LogP contribution in [0.25, 0.3) is 0 Å². The van der Waals surface area contributed by atoms with Crippen LogP contribution in [-0.4, -0.2) is 36.4 Å². The molecule has 1 aromatic carbocycles. The number of rotatable bonds is 3. The molecule has 2 heterocycles. The van der Waals surface area contributed by atoms with E-state index in [0.29, 0.717) is 12.1 Å². The summed E-state index contributed by atoms with van der Waals surface area (Å²) in [6.07, 6.45) is 1.14. The minimum Gasteiger partial charge on any atom is -0.863 e. The van der Waals surface area contributed by atoms with Gasteiger partial charge in [-0.25, -0.2) is 0 Å². The van der Waals surface area contributed by atoms with Crippen LogP contribution >= 0.6 is 0 Å². The van der Waals surface area contributed by atoms with Crippen LogP contribution in [0.2, 0.25) is 0 Å². The van der Waals surface area contributed by atoms with Crippen molar-refractivity contribution in [3.05, 3.63) is 42.5 Å². The van der Waals surface area contributed by atoms with Crippen LogP contribution < -0.4 is 15.1 Å². The lowest BCUT2D eigenvalue weighted by Gasteiger charge is -2.06. The summed E-state index contributed by atoms with van der Waals surface area (Å²) in [5.41, 5.74) is -3.26. The van der Waals surface area contributed by atoms with Gasteiger partial charge in [-0.3, -0.25) is 35.7 Å². The number of hydrogen-bond donors (Lipinski definition) is 1. The van der Waals surface area contributed by atoms with E-state index in [-0.39, 0.29) is 0 Å². The normalized spacial score (nSPS) is 12.2. The Kier molecular flexibility index (Phi) is 5.19. The molecule has 0 spiro atoms. The maximum atomic E-state index is 11.1. The van der Waals surface area contributed by atoms with Crippen LogP contribution in [0.4, 0.5) is 23.0 Å². The highest BCUT2D eigenvalue weighted by Gasteiger charge is 2.24. The Morgan fingerprint density at radius 1 is 1.12 bits per heavy atom. The van der Waals surface area contributed by atoms with Gasteiger partial charge in [-0.15, -0.1) is 4.68 Å². The fourth-order valence-corrected chi connectivity index (χ4v) is 2.11. The third-order valence-corrected chi connectivity index (χ3v) is 3.30. The summed E-state index contributed by atoms with van der Waals surface area (Å²) in [7, 11) is 1.89. The standard InChI is InChI=1S/C6H3N3O7.C5H9N5/c10-6-4(8(13)14)1-3(7(11)12)2-5(6)9(15)16;1-9-5-6-3-2-4-10(5)8-7-9/h1-2,10H;2-4H2,1H3. The average Bonchev–Trinajstić information content (AvgIpc) is 2.96. The maximum Gasteiger partial charge on any atom is 0.364 e. The lowest BCUT2D eigenvalue weighted by Crippen LogP contribution is -2.36. The highest BCUT2D eigenvalue weighted by molar-refractivity contribution is 5.63. The molecule has 15 heteroatoms. The number of benzene rings is 1. The minimum atomic E-state index is -1.46. The van der Waals surface area contributed by atoms with Crippen molar-refractivity contribution in [2.24, 2.45) is 7.05 Å². The van der Waals surface area contributed by atoms with Crippen LogP contribution in [0.5, 0.6) is 5.75 Å². The van der Waals surface area contributed by atoms with Gasteiger partial charge in [0.1, 0.15) is 5.21 Å². The van der Waals surface area contributed by atoms with E-state index in [9.17, 15) is 35.4 Å². The number of fused-ring (bicyclic) bond motifs is 1. The maximum absolute atomic E-state index is 11.1. The molecule has 1 aliphatic heterocycles. The van der Waals surface area contributed by atoms with E-state index in [1.807, 2.05) is 11.7 Å². The molecule has 0 unspecified atom stereocenters. The van der Waals surface area contributed by atoms with Crippen LogP contribution in [0.15, 0.2) is 12.1 Å². The van der Waals surface area contributed by atoms with Gasteiger partial charge in [-0.05, 0) is 0 Å². The number of nitro groups is 3. The zero-order chi connectivity index (χ0) is 19.4. The van der Waals surface area contributed by atoms with E-state index >= 15 is 0 Å². The van der Waals surface area contributed by atoms with Crippen LogP contribution in [0.1, 0.15) is 6.42 Å². The number of nitro benzene ring substituents is 3. The van der Waals surface area contributed by atoms with E-state index < -0.39 is 37.6 Å². The summed E-state index contributed by atoms with van der Waals surface area (Å²) in [5.74, 6) is -0.452. The largest absolute Gasteiger partial charge is 0.863 e. The first kappa shape index (κ1) is 18.4. The van der Waals surface area contributed by atoms with Crippen molar-refractivity contribution in [2.75, 3.05) is 11.9 Å². The highest BCUT2D eigenvalue weighted by atomic mass is 16.6. The van der Waals surface area contributed by atoms with Crippen LogP contribution in [0, 0.1) is 30.3 Å². The van der Waals surface area contributed by atoms with Gasteiger partial charge in [-0.1, -0.05) is 4.68 Å². The number of nitrogens with one attached hydrogen (secondary N) is 1. The van der Waals surface area contributed by atoms with Crippen molar-refractivity contribution < 1.29 is 24.6 Å². The summed E-state index contributed by atoms with van der Waals surface area (Å²) < 4.78 is 3.63. The van der Waals surface area contributed by atoms with Crippen LogP contribution in [-0.2, 0) is 13.6 Å². The average molecular weight is 368 g/mol. The first-order valence-electron chi connectivity index (χ1n) is 7.04. The van der Waals surface area contributed by atoms with E-state index in [1.54, 1.807) is 4.68 Å². The van der Waals surface area contributed by atoms with Gasteiger partial charge in [0.25, 0.3) is 17.1 Å². The number of nitrogens with zero attached hydrogens (tertiary/aromatic N) is 7. The minimum absolute atomic E-state index is 0.384. The molecule has 0 atom stereocenters. The molecule has 2 aromatic rings. The summed E-state index contributed by atoms with van der Waals surface area (Å²) >= 11 is 0. The third-order valence-electron chi connectivity index (χ3n) is 3.30. The fourth-order valence-electron chi connectivity index (χ4n) is 2.11. The molecular weight excluding hydrogens is 356 g/mol. The van der Waals surface area contributed by atoms with Gasteiger partial charge in [0, 0.05) is 6.42 Å². The summed E-state index contributed by atoms with van der Waals surface area (Å²) in [6.45, 7) is 2.01. The molecule has 0 aliphatic carbocycles. The molecule has 1 N–H and O–H groups in total. The first-order valence-corrected chi connectivity index (χ1v) is 7.04. The molecule has 0 bridgehead atoms. The van der Waals surface area contributed by atoms with Gasteiger partial charge >= 0.3 is 5.95 Å². The zero-order valence-electron chi connectivity index (χ0n) is 13.3. The Labute approximate surface area is 143 Å². The smallest absolute Gasteiger partial charge is 0.364 e. The van der Waals surface area contributed by atoms with E-state index in [2.05, 4.69) is 15.7 Å². The van der Waals surface area contributed by atoms with Gasteiger partial charge < -0.3 is 5.11 Å². The second-order valence-electron chi connectivity index (χ2n) is 5.01. The topological polar surface area (TPSA) is 199 Å².